The molecule has 0 radical (unpaired) electrons. The van der Waals surface area contributed by atoms with Gasteiger partial charge in [-0.25, -0.2) is 0 Å². The van der Waals surface area contributed by atoms with Gasteiger partial charge in [-0.2, -0.15) is 0 Å². The Labute approximate surface area is 93.6 Å². The zero-order valence-electron chi connectivity index (χ0n) is 9.91. The van der Waals surface area contributed by atoms with Crippen molar-refractivity contribution in [2.45, 2.75) is 46.0 Å². The maximum Gasteiger partial charge on any atom is 0.130 e. The molecule has 0 N–H and O–H groups in total. The highest BCUT2D eigenvalue weighted by atomic mass is 16.1. The third-order valence-corrected chi connectivity index (χ3v) is 1.94. The van der Waals surface area contributed by atoms with E-state index in [2.05, 4.69) is 43.4 Å². The molecule has 1 heteroatoms. The van der Waals surface area contributed by atoms with Crippen molar-refractivity contribution >= 4 is 5.78 Å². The zero-order valence-corrected chi connectivity index (χ0v) is 9.91. The van der Waals surface area contributed by atoms with E-state index >= 15 is 0 Å². The molecule has 0 heterocycles. The Hall–Kier alpha value is -1.11. The quantitative estimate of drug-likeness (QED) is 0.543. The SMILES string of the molecule is CC/C=C\C/C=C\C/C=C\CCC(C)=O. The Balaban J connectivity index is 3.36. The van der Waals surface area contributed by atoms with Crippen molar-refractivity contribution in [2.24, 2.45) is 0 Å². The molecule has 0 aliphatic carbocycles. The Kier molecular flexibility index (Phi) is 10.2. The van der Waals surface area contributed by atoms with Crippen molar-refractivity contribution in [3.05, 3.63) is 36.5 Å². The number of ketones is 1. The fourth-order valence-electron chi connectivity index (χ4n) is 1.11. The van der Waals surface area contributed by atoms with E-state index in [4.69, 9.17) is 0 Å². The Morgan fingerprint density at radius 2 is 1.47 bits per heavy atom. The minimum Gasteiger partial charge on any atom is -0.300 e. The van der Waals surface area contributed by atoms with E-state index in [0.717, 1.165) is 25.7 Å². The lowest BCUT2D eigenvalue weighted by Crippen LogP contribution is -1.85. The van der Waals surface area contributed by atoms with Gasteiger partial charge < -0.3 is 4.79 Å². The van der Waals surface area contributed by atoms with Gasteiger partial charge in [0.2, 0.25) is 0 Å². The molecule has 0 spiro atoms. The van der Waals surface area contributed by atoms with E-state index in [1.165, 1.54) is 0 Å². The second-order valence-corrected chi connectivity index (χ2v) is 3.53. The molecule has 84 valence electrons. The largest absolute Gasteiger partial charge is 0.300 e. The van der Waals surface area contributed by atoms with Gasteiger partial charge in [-0.05, 0) is 32.6 Å². The van der Waals surface area contributed by atoms with Crippen LogP contribution in [0, 0.1) is 0 Å². The maximum atomic E-state index is 10.6. The van der Waals surface area contributed by atoms with Gasteiger partial charge in [0.25, 0.3) is 0 Å². The predicted molar refractivity (Wildman–Crippen MR) is 66.9 cm³/mol. The smallest absolute Gasteiger partial charge is 0.130 e. The molecule has 0 aliphatic rings. The van der Waals surface area contributed by atoms with Crippen LogP contribution in [0.1, 0.15) is 46.0 Å². The van der Waals surface area contributed by atoms with Gasteiger partial charge in [0.1, 0.15) is 5.78 Å². The number of carbonyl (C=O) groups excluding carboxylic acids is 1. The standard InChI is InChI=1S/C14H22O/c1-3-4-5-6-7-8-9-10-11-12-13-14(2)15/h4-5,7-8,10-11H,3,6,9,12-13H2,1-2H3/b5-4-,8-7-,11-10-. The van der Waals surface area contributed by atoms with E-state index in [9.17, 15) is 4.79 Å². The lowest BCUT2D eigenvalue weighted by atomic mass is 10.2. The van der Waals surface area contributed by atoms with Crippen LogP contribution in [-0.2, 0) is 4.79 Å². The summed E-state index contributed by atoms with van der Waals surface area (Å²) in [6.45, 7) is 3.77. The first-order valence-corrected chi connectivity index (χ1v) is 5.71. The normalized spacial score (nSPS) is 12.1. The van der Waals surface area contributed by atoms with E-state index < -0.39 is 0 Å². The summed E-state index contributed by atoms with van der Waals surface area (Å²) in [5.74, 6) is 0.264. The molecule has 15 heavy (non-hydrogen) atoms. The van der Waals surface area contributed by atoms with Crippen molar-refractivity contribution in [2.75, 3.05) is 0 Å². The average Bonchev–Trinajstić information content (AvgIpc) is 2.20. The highest BCUT2D eigenvalue weighted by molar-refractivity contribution is 5.75. The minimum absolute atomic E-state index is 0.264. The molecule has 0 bridgehead atoms. The summed E-state index contributed by atoms with van der Waals surface area (Å²) < 4.78 is 0. The van der Waals surface area contributed by atoms with Crippen molar-refractivity contribution in [1.29, 1.82) is 0 Å². The minimum atomic E-state index is 0.264. The number of carbonyl (C=O) groups is 1. The van der Waals surface area contributed by atoms with Gasteiger partial charge in [0, 0.05) is 6.42 Å². The van der Waals surface area contributed by atoms with Crippen molar-refractivity contribution in [3.8, 4) is 0 Å². The van der Waals surface area contributed by atoms with Gasteiger partial charge in [0.15, 0.2) is 0 Å². The summed E-state index contributed by atoms with van der Waals surface area (Å²) in [5.41, 5.74) is 0. The van der Waals surface area contributed by atoms with Crippen LogP contribution in [0.4, 0.5) is 0 Å². The van der Waals surface area contributed by atoms with Gasteiger partial charge in [0.05, 0.1) is 0 Å². The Bertz CT molecular complexity index is 234. The number of allylic oxidation sites excluding steroid dienone is 6. The summed E-state index contributed by atoms with van der Waals surface area (Å²) in [7, 11) is 0. The van der Waals surface area contributed by atoms with E-state index in [1.807, 2.05) is 0 Å². The van der Waals surface area contributed by atoms with E-state index in [-0.39, 0.29) is 5.78 Å². The van der Waals surface area contributed by atoms with Gasteiger partial charge >= 0.3 is 0 Å². The van der Waals surface area contributed by atoms with Gasteiger partial charge in [-0.1, -0.05) is 43.4 Å². The first-order chi connectivity index (χ1) is 7.27. The lowest BCUT2D eigenvalue weighted by molar-refractivity contribution is -0.116. The molecule has 1 nitrogen and oxygen atoms in total. The summed E-state index contributed by atoms with van der Waals surface area (Å²) in [4.78, 5) is 10.6. The lowest BCUT2D eigenvalue weighted by Gasteiger charge is -1.87. The first kappa shape index (κ1) is 13.9. The molecule has 0 amide bonds. The van der Waals surface area contributed by atoms with Crippen molar-refractivity contribution in [1.82, 2.24) is 0 Å². The highest BCUT2D eigenvalue weighted by Gasteiger charge is 1.87. The summed E-state index contributed by atoms with van der Waals surface area (Å²) in [6, 6.07) is 0. The molecule has 0 aromatic carbocycles. The zero-order chi connectivity index (χ0) is 11.4. The third-order valence-electron chi connectivity index (χ3n) is 1.94. The number of hydrogen-bond donors (Lipinski definition) is 0. The molecule has 0 aromatic heterocycles. The Morgan fingerprint density at radius 1 is 0.933 bits per heavy atom. The van der Waals surface area contributed by atoms with Gasteiger partial charge in [-0.3, -0.25) is 0 Å². The first-order valence-electron chi connectivity index (χ1n) is 5.71. The van der Waals surface area contributed by atoms with E-state index in [0.29, 0.717) is 6.42 Å². The van der Waals surface area contributed by atoms with Crippen LogP contribution in [0.15, 0.2) is 36.5 Å². The monoisotopic (exact) mass is 206 g/mol. The highest BCUT2D eigenvalue weighted by Crippen LogP contribution is 1.96. The molecule has 0 aliphatic heterocycles. The topological polar surface area (TPSA) is 17.1 Å². The average molecular weight is 206 g/mol. The Morgan fingerprint density at radius 3 is 2.00 bits per heavy atom. The number of Topliss-reactive ketones (excluding diaryl/α,β-unsaturated/α-hetero) is 1. The van der Waals surface area contributed by atoms with E-state index in [1.54, 1.807) is 6.92 Å². The summed E-state index contributed by atoms with van der Waals surface area (Å²) in [6.07, 6.45) is 17.5. The summed E-state index contributed by atoms with van der Waals surface area (Å²) >= 11 is 0. The van der Waals surface area contributed by atoms with Crippen LogP contribution in [0.25, 0.3) is 0 Å². The number of rotatable bonds is 8. The summed E-state index contributed by atoms with van der Waals surface area (Å²) in [5, 5.41) is 0. The predicted octanol–water partition coefficient (Wildman–Crippen LogP) is 4.21. The molecule has 0 saturated heterocycles. The molecule has 0 atom stereocenters. The van der Waals surface area contributed by atoms with Crippen LogP contribution in [0.3, 0.4) is 0 Å². The molecule has 0 aromatic rings. The molecule has 0 unspecified atom stereocenters. The third kappa shape index (κ3) is 12.9. The van der Waals surface area contributed by atoms with Crippen LogP contribution < -0.4 is 0 Å². The van der Waals surface area contributed by atoms with Crippen molar-refractivity contribution in [3.63, 3.8) is 0 Å². The van der Waals surface area contributed by atoms with Crippen LogP contribution in [0.5, 0.6) is 0 Å². The van der Waals surface area contributed by atoms with Crippen LogP contribution in [-0.4, -0.2) is 5.78 Å². The molecule has 0 fully saturated rings. The second-order valence-electron chi connectivity index (χ2n) is 3.53. The van der Waals surface area contributed by atoms with Crippen LogP contribution in [0.2, 0.25) is 0 Å². The van der Waals surface area contributed by atoms with Gasteiger partial charge in [-0.15, -0.1) is 0 Å². The van der Waals surface area contributed by atoms with Crippen LogP contribution >= 0.6 is 0 Å². The maximum absolute atomic E-state index is 10.6. The molecule has 0 saturated carbocycles. The fourth-order valence-corrected chi connectivity index (χ4v) is 1.11. The second kappa shape index (κ2) is 11.0. The number of hydrogen-bond acceptors (Lipinski definition) is 1. The molecular formula is C14H22O. The molecular weight excluding hydrogens is 184 g/mol. The molecule has 0 rings (SSSR count). The van der Waals surface area contributed by atoms with Crippen molar-refractivity contribution < 1.29 is 4.79 Å². The fraction of sp³-hybridized carbons (Fsp3) is 0.500.